The molecule has 24 heavy (non-hydrogen) atoms. The van der Waals surface area contributed by atoms with Crippen molar-refractivity contribution in [2.45, 2.75) is 11.8 Å². The molecule has 128 valence electrons. The third kappa shape index (κ3) is 3.36. The SMILES string of the molecule is COC(=O)c1cccc(N(C)S(=O)(=O)c2cc(Cl)ccc2Cl)c1C. The first-order valence-electron chi connectivity index (χ1n) is 6.82. The lowest BCUT2D eigenvalue weighted by molar-refractivity contribution is 0.0600. The molecule has 0 aliphatic carbocycles. The fourth-order valence-electron chi connectivity index (χ4n) is 2.25. The van der Waals surface area contributed by atoms with Gasteiger partial charge in [-0.05, 0) is 42.8 Å². The van der Waals surface area contributed by atoms with Crippen LogP contribution in [0.5, 0.6) is 0 Å². The highest BCUT2D eigenvalue weighted by atomic mass is 35.5. The van der Waals surface area contributed by atoms with Crippen LogP contribution in [0.4, 0.5) is 5.69 Å². The van der Waals surface area contributed by atoms with Crippen LogP contribution in [0, 0.1) is 6.92 Å². The number of nitrogens with zero attached hydrogens (tertiary/aromatic N) is 1. The predicted molar refractivity (Wildman–Crippen MR) is 94.6 cm³/mol. The number of hydrogen-bond donors (Lipinski definition) is 0. The van der Waals surface area contributed by atoms with Gasteiger partial charge in [0.2, 0.25) is 0 Å². The molecule has 0 heterocycles. The van der Waals surface area contributed by atoms with Crippen molar-refractivity contribution in [3.63, 3.8) is 0 Å². The Morgan fingerprint density at radius 2 is 1.83 bits per heavy atom. The summed E-state index contributed by atoms with van der Waals surface area (Å²) in [6.45, 7) is 1.65. The molecule has 0 N–H and O–H groups in total. The normalized spacial score (nSPS) is 11.2. The summed E-state index contributed by atoms with van der Waals surface area (Å²) in [6, 6.07) is 8.96. The quantitative estimate of drug-likeness (QED) is 0.745. The maximum Gasteiger partial charge on any atom is 0.338 e. The third-order valence-corrected chi connectivity index (χ3v) is 6.07. The average molecular weight is 388 g/mol. The topological polar surface area (TPSA) is 63.7 Å². The molecule has 5 nitrogen and oxygen atoms in total. The molecule has 0 aromatic heterocycles. The lowest BCUT2D eigenvalue weighted by Gasteiger charge is -2.23. The zero-order chi connectivity index (χ0) is 18.1. The molecule has 0 saturated carbocycles. The summed E-state index contributed by atoms with van der Waals surface area (Å²) in [4.78, 5) is 11.7. The minimum atomic E-state index is -3.95. The molecule has 0 aliphatic heterocycles. The number of esters is 1. The van der Waals surface area contributed by atoms with Crippen LogP contribution in [-0.4, -0.2) is 28.5 Å². The van der Waals surface area contributed by atoms with Crippen molar-refractivity contribution in [1.82, 2.24) is 0 Å². The molecule has 0 unspecified atom stereocenters. The minimum Gasteiger partial charge on any atom is -0.465 e. The van der Waals surface area contributed by atoms with Crippen LogP contribution >= 0.6 is 23.2 Å². The largest absolute Gasteiger partial charge is 0.465 e. The Morgan fingerprint density at radius 1 is 1.17 bits per heavy atom. The summed E-state index contributed by atoms with van der Waals surface area (Å²) in [6.07, 6.45) is 0. The first-order chi connectivity index (χ1) is 11.2. The molecular weight excluding hydrogens is 373 g/mol. The fraction of sp³-hybridized carbons (Fsp3) is 0.188. The molecule has 8 heteroatoms. The van der Waals surface area contributed by atoms with Gasteiger partial charge in [-0.1, -0.05) is 29.3 Å². The van der Waals surface area contributed by atoms with E-state index in [1.807, 2.05) is 0 Å². The van der Waals surface area contributed by atoms with Crippen molar-refractivity contribution in [2.24, 2.45) is 0 Å². The van der Waals surface area contributed by atoms with Crippen LogP contribution in [0.25, 0.3) is 0 Å². The van der Waals surface area contributed by atoms with E-state index in [9.17, 15) is 13.2 Å². The van der Waals surface area contributed by atoms with Gasteiger partial charge in [-0.25, -0.2) is 13.2 Å². The smallest absolute Gasteiger partial charge is 0.338 e. The van der Waals surface area contributed by atoms with Crippen molar-refractivity contribution >= 4 is 44.9 Å². The van der Waals surface area contributed by atoms with Gasteiger partial charge in [0.1, 0.15) is 4.90 Å². The number of carbonyl (C=O) groups excluding carboxylic acids is 1. The second-order valence-electron chi connectivity index (χ2n) is 4.99. The Bertz CT molecular complexity index is 897. The van der Waals surface area contributed by atoms with E-state index in [0.29, 0.717) is 11.3 Å². The number of halogens is 2. The van der Waals surface area contributed by atoms with E-state index in [2.05, 4.69) is 0 Å². The highest BCUT2D eigenvalue weighted by molar-refractivity contribution is 7.93. The maximum atomic E-state index is 12.9. The van der Waals surface area contributed by atoms with E-state index in [-0.39, 0.29) is 20.5 Å². The van der Waals surface area contributed by atoms with Crippen LogP contribution in [0.15, 0.2) is 41.3 Å². The molecule has 0 radical (unpaired) electrons. The van der Waals surface area contributed by atoms with E-state index in [4.69, 9.17) is 27.9 Å². The molecule has 0 atom stereocenters. The second-order valence-corrected chi connectivity index (χ2v) is 7.77. The Hall–Kier alpha value is -1.76. The van der Waals surface area contributed by atoms with E-state index in [0.717, 1.165) is 4.31 Å². The van der Waals surface area contributed by atoms with Crippen LogP contribution in [0.2, 0.25) is 10.0 Å². The van der Waals surface area contributed by atoms with Gasteiger partial charge >= 0.3 is 5.97 Å². The highest BCUT2D eigenvalue weighted by Crippen LogP contribution is 2.32. The second kappa shape index (κ2) is 7.01. The van der Waals surface area contributed by atoms with Crippen molar-refractivity contribution in [3.8, 4) is 0 Å². The Morgan fingerprint density at radius 3 is 2.46 bits per heavy atom. The molecule has 2 rings (SSSR count). The van der Waals surface area contributed by atoms with Crippen LogP contribution in [0.3, 0.4) is 0 Å². The average Bonchev–Trinajstić information content (AvgIpc) is 2.55. The number of ether oxygens (including phenoxy) is 1. The molecular formula is C16H15Cl2NO4S. The molecule has 2 aromatic rings. The van der Waals surface area contributed by atoms with Gasteiger partial charge in [0.05, 0.1) is 23.4 Å². The van der Waals surface area contributed by atoms with E-state index < -0.39 is 16.0 Å². The van der Waals surface area contributed by atoms with Crippen molar-refractivity contribution in [3.05, 3.63) is 57.6 Å². The van der Waals surface area contributed by atoms with Gasteiger partial charge in [0.25, 0.3) is 10.0 Å². The monoisotopic (exact) mass is 387 g/mol. The highest BCUT2D eigenvalue weighted by Gasteiger charge is 2.26. The zero-order valence-electron chi connectivity index (χ0n) is 13.2. The van der Waals surface area contributed by atoms with Gasteiger partial charge in [-0.3, -0.25) is 4.31 Å². The van der Waals surface area contributed by atoms with E-state index >= 15 is 0 Å². The predicted octanol–water partition coefficient (Wildman–Crippen LogP) is 3.91. The van der Waals surface area contributed by atoms with Crippen LogP contribution < -0.4 is 4.31 Å². The Labute approximate surface area is 150 Å². The molecule has 0 fully saturated rings. The molecule has 0 bridgehead atoms. The first kappa shape index (κ1) is 18.6. The van der Waals surface area contributed by atoms with Gasteiger partial charge in [0.15, 0.2) is 0 Å². The van der Waals surface area contributed by atoms with Crippen molar-refractivity contribution < 1.29 is 17.9 Å². The summed E-state index contributed by atoms with van der Waals surface area (Å²) < 4.78 is 31.5. The van der Waals surface area contributed by atoms with E-state index in [1.165, 1.54) is 32.4 Å². The summed E-state index contributed by atoms with van der Waals surface area (Å²) in [7, 11) is -1.30. The summed E-state index contributed by atoms with van der Waals surface area (Å²) >= 11 is 11.9. The van der Waals surface area contributed by atoms with Crippen molar-refractivity contribution in [1.29, 1.82) is 0 Å². The summed E-state index contributed by atoms with van der Waals surface area (Å²) in [5.74, 6) is -0.541. The lowest BCUT2D eigenvalue weighted by Crippen LogP contribution is -2.28. The molecule has 2 aromatic carbocycles. The van der Waals surface area contributed by atoms with Gasteiger partial charge in [-0.15, -0.1) is 0 Å². The number of hydrogen-bond acceptors (Lipinski definition) is 4. The van der Waals surface area contributed by atoms with Gasteiger partial charge in [-0.2, -0.15) is 0 Å². The molecule has 0 spiro atoms. The lowest BCUT2D eigenvalue weighted by atomic mass is 10.1. The Balaban J connectivity index is 2.58. The minimum absolute atomic E-state index is 0.0630. The summed E-state index contributed by atoms with van der Waals surface area (Å²) in [5, 5.41) is 0.319. The van der Waals surface area contributed by atoms with Crippen molar-refractivity contribution in [2.75, 3.05) is 18.5 Å². The van der Waals surface area contributed by atoms with Gasteiger partial charge in [0, 0.05) is 12.1 Å². The van der Waals surface area contributed by atoms with Crippen LogP contribution in [-0.2, 0) is 14.8 Å². The molecule has 0 amide bonds. The maximum absolute atomic E-state index is 12.9. The number of anilines is 1. The number of benzene rings is 2. The zero-order valence-corrected chi connectivity index (χ0v) is 15.5. The van der Waals surface area contributed by atoms with Crippen LogP contribution in [0.1, 0.15) is 15.9 Å². The molecule has 0 aliphatic rings. The van der Waals surface area contributed by atoms with Gasteiger partial charge < -0.3 is 4.74 Å². The first-order valence-corrected chi connectivity index (χ1v) is 9.01. The Kier molecular flexibility index (Phi) is 5.42. The number of sulfonamides is 1. The summed E-state index contributed by atoms with van der Waals surface area (Å²) in [5.41, 5.74) is 1.11. The third-order valence-electron chi connectivity index (χ3n) is 3.58. The number of methoxy groups -OCH3 is 1. The molecule has 0 saturated heterocycles. The van der Waals surface area contributed by atoms with E-state index in [1.54, 1.807) is 25.1 Å². The fourth-order valence-corrected chi connectivity index (χ4v) is 4.24. The number of rotatable bonds is 4. The standard InChI is InChI=1S/C16H15Cl2NO4S/c1-10-12(16(20)23-3)5-4-6-14(10)19(2)24(21,22)15-9-11(17)7-8-13(15)18/h4-9H,1-3H3. The number of carbonyl (C=O) groups is 1.